The van der Waals surface area contributed by atoms with E-state index in [4.69, 9.17) is 14.2 Å². The highest BCUT2D eigenvalue weighted by molar-refractivity contribution is 9.10. The van der Waals surface area contributed by atoms with Crippen LogP contribution < -0.4 is 9.47 Å². The molecule has 0 unspecified atom stereocenters. The standard InChI is InChI=1S/C25H19BrO5/c1-15-21(30-14-16-7-9-17(10-8-16)25(28)29-2)12-11-19-23(27)22(31-24(15)19)13-18-5-3-4-6-20(18)26/h3-13H,14H2,1-2H3/b22-13-. The number of benzene rings is 3. The molecule has 0 fully saturated rings. The van der Waals surface area contributed by atoms with Crippen molar-refractivity contribution in [3.05, 3.63) is 98.7 Å². The van der Waals surface area contributed by atoms with Gasteiger partial charge in [0.2, 0.25) is 5.78 Å². The van der Waals surface area contributed by atoms with E-state index in [1.54, 1.807) is 30.3 Å². The van der Waals surface area contributed by atoms with Crippen molar-refractivity contribution in [2.45, 2.75) is 13.5 Å². The van der Waals surface area contributed by atoms with E-state index in [9.17, 15) is 9.59 Å². The lowest BCUT2D eigenvalue weighted by Crippen LogP contribution is -2.02. The molecule has 0 aromatic heterocycles. The van der Waals surface area contributed by atoms with Crippen molar-refractivity contribution in [3.8, 4) is 11.5 Å². The molecule has 1 heterocycles. The van der Waals surface area contributed by atoms with Crippen LogP contribution in [0.25, 0.3) is 6.08 Å². The fourth-order valence-electron chi connectivity index (χ4n) is 3.27. The number of halogens is 1. The Balaban J connectivity index is 1.52. The number of fused-ring (bicyclic) bond motifs is 1. The lowest BCUT2D eigenvalue weighted by molar-refractivity contribution is 0.0600. The van der Waals surface area contributed by atoms with Gasteiger partial charge in [0.1, 0.15) is 18.1 Å². The van der Waals surface area contributed by atoms with Crippen molar-refractivity contribution in [1.29, 1.82) is 0 Å². The molecule has 0 amide bonds. The number of allylic oxidation sites excluding steroid dienone is 1. The molecule has 4 rings (SSSR count). The molecule has 3 aromatic carbocycles. The van der Waals surface area contributed by atoms with Crippen LogP contribution in [-0.4, -0.2) is 18.9 Å². The second-order valence-corrected chi connectivity index (χ2v) is 7.86. The van der Waals surface area contributed by atoms with Crippen molar-refractivity contribution in [2.75, 3.05) is 7.11 Å². The average molecular weight is 479 g/mol. The number of ketones is 1. The van der Waals surface area contributed by atoms with E-state index in [1.807, 2.05) is 43.3 Å². The van der Waals surface area contributed by atoms with Gasteiger partial charge in [-0.3, -0.25) is 4.79 Å². The fourth-order valence-corrected chi connectivity index (χ4v) is 3.67. The molecule has 0 atom stereocenters. The molecule has 6 heteroatoms. The second-order valence-electron chi connectivity index (χ2n) is 7.00. The molecule has 0 radical (unpaired) electrons. The van der Waals surface area contributed by atoms with Gasteiger partial charge in [-0.1, -0.05) is 46.3 Å². The molecular formula is C25H19BrO5. The molecule has 1 aliphatic rings. The van der Waals surface area contributed by atoms with Gasteiger partial charge >= 0.3 is 5.97 Å². The number of hydrogen-bond donors (Lipinski definition) is 0. The number of ether oxygens (including phenoxy) is 3. The van der Waals surface area contributed by atoms with Crippen LogP contribution in [0.15, 0.2) is 70.9 Å². The monoisotopic (exact) mass is 478 g/mol. The first kappa shape index (κ1) is 20.9. The summed E-state index contributed by atoms with van der Waals surface area (Å²) in [5, 5.41) is 0. The van der Waals surface area contributed by atoms with Gasteiger partial charge in [-0.15, -0.1) is 0 Å². The molecule has 0 N–H and O–H groups in total. The van der Waals surface area contributed by atoms with E-state index in [0.29, 0.717) is 29.2 Å². The number of methoxy groups -OCH3 is 1. The zero-order valence-electron chi connectivity index (χ0n) is 17.0. The third-order valence-corrected chi connectivity index (χ3v) is 5.72. The summed E-state index contributed by atoms with van der Waals surface area (Å²) in [5.41, 5.74) is 3.52. The Morgan fingerprint density at radius 3 is 2.52 bits per heavy atom. The fraction of sp³-hybridized carbons (Fsp3) is 0.120. The highest BCUT2D eigenvalue weighted by Crippen LogP contribution is 2.39. The SMILES string of the molecule is COC(=O)c1ccc(COc2ccc3c(c2C)O/C(=C\c2ccccc2Br)C3=O)cc1. The summed E-state index contributed by atoms with van der Waals surface area (Å²) in [6.45, 7) is 2.18. The van der Waals surface area contributed by atoms with Gasteiger partial charge in [0.25, 0.3) is 0 Å². The third-order valence-electron chi connectivity index (χ3n) is 5.00. The summed E-state index contributed by atoms with van der Waals surface area (Å²) in [5.74, 6) is 0.891. The maximum atomic E-state index is 12.8. The quantitative estimate of drug-likeness (QED) is 0.345. The highest BCUT2D eigenvalue weighted by Gasteiger charge is 2.30. The van der Waals surface area contributed by atoms with Gasteiger partial charge in [0.15, 0.2) is 5.76 Å². The van der Waals surface area contributed by atoms with Gasteiger partial charge in [0, 0.05) is 10.0 Å². The van der Waals surface area contributed by atoms with E-state index in [2.05, 4.69) is 15.9 Å². The molecule has 3 aromatic rings. The van der Waals surface area contributed by atoms with E-state index >= 15 is 0 Å². The Labute approximate surface area is 188 Å². The number of hydrogen-bond acceptors (Lipinski definition) is 5. The summed E-state index contributed by atoms with van der Waals surface area (Å²) < 4.78 is 17.5. The van der Waals surface area contributed by atoms with Crippen LogP contribution in [0.4, 0.5) is 0 Å². The maximum Gasteiger partial charge on any atom is 0.337 e. The first-order valence-electron chi connectivity index (χ1n) is 9.60. The Morgan fingerprint density at radius 1 is 1.06 bits per heavy atom. The van der Waals surface area contributed by atoms with Crippen molar-refractivity contribution >= 4 is 33.8 Å². The van der Waals surface area contributed by atoms with Gasteiger partial charge in [0.05, 0.1) is 18.2 Å². The van der Waals surface area contributed by atoms with Gasteiger partial charge in [-0.2, -0.15) is 0 Å². The maximum absolute atomic E-state index is 12.8. The number of Topliss-reactive ketones (excluding diaryl/α,β-unsaturated/α-hetero) is 1. The molecule has 5 nitrogen and oxygen atoms in total. The van der Waals surface area contributed by atoms with Crippen molar-refractivity contribution in [2.24, 2.45) is 0 Å². The van der Waals surface area contributed by atoms with Crippen LogP contribution in [0.1, 0.15) is 37.4 Å². The van der Waals surface area contributed by atoms with Crippen molar-refractivity contribution < 1.29 is 23.8 Å². The largest absolute Gasteiger partial charge is 0.488 e. The van der Waals surface area contributed by atoms with Crippen LogP contribution in [0.2, 0.25) is 0 Å². The predicted octanol–water partition coefficient (Wildman–Crippen LogP) is 5.74. The number of esters is 1. The van der Waals surface area contributed by atoms with E-state index in [-0.39, 0.29) is 17.5 Å². The highest BCUT2D eigenvalue weighted by atomic mass is 79.9. The van der Waals surface area contributed by atoms with Crippen LogP contribution in [0, 0.1) is 6.92 Å². The zero-order chi connectivity index (χ0) is 22.0. The number of carbonyl (C=O) groups is 2. The summed E-state index contributed by atoms with van der Waals surface area (Å²) in [6, 6.07) is 18.1. The van der Waals surface area contributed by atoms with Crippen LogP contribution in [0.3, 0.4) is 0 Å². The Morgan fingerprint density at radius 2 is 1.81 bits per heavy atom. The minimum Gasteiger partial charge on any atom is -0.488 e. The third kappa shape index (κ3) is 4.25. The zero-order valence-corrected chi connectivity index (χ0v) is 18.6. The number of rotatable bonds is 5. The number of carbonyl (C=O) groups excluding carboxylic acids is 2. The smallest absolute Gasteiger partial charge is 0.337 e. The van der Waals surface area contributed by atoms with Crippen LogP contribution in [-0.2, 0) is 11.3 Å². The van der Waals surface area contributed by atoms with Crippen molar-refractivity contribution in [3.63, 3.8) is 0 Å². The molecule has 0 aliphatic carbocycles. The van der Waals surface area contributed by atoms with E-state index in [0.717, 1.165) is 21.2 Å². The Bertz CT molecular complexity index is 1200. The average Bonchev–Trinajstić information content (AvgIpc) is 3.11. The summed E-state index contributed by atoms with van der Waals surface area (Å²) in [4.78, 5) is 24.3. The minimum atomic E-state index is -0.379. The predicted molar refractivity (Wildman–Crippen MR) is 120 cm³/mol. The molecule has 0 spiro atoms. The molecule has 156 valence electrons. The van der Waals surface area contributed by atoms with E-state index < -0.39 is 0 Å². The van der Waals surface area contributed by atoms with Gasteiger partial charge < -0.3 is 14.2 Å². The molecule has 0 saturated heterocycles. The lowest BCUT2D eigenvalue weighted by Gasteiger charge is -2.12. The van der Waals surface area contributed by atoms with Crippen LogP contribution >= 0.6 is 15.9 Å². The topological polar surface area (TPSA) is 61.8 Å². The van der Waals surface area contributed by atoms with E-state index in [1.165, 1.54) is 7.11 Å². The normalized spacial score (nSPS) is 13.6. The first-order valence-corrected chi connectivity index (χ1v) is 10.4. The molecular weight excluding hydrogens is 460 g/mol. The first-order chi connectivity index (χ1) is 15.0. The molecule has 0 bridgehead atoms. The molecule has 1 aliphatic heterocycles. The van der Waals surface area contributed by atoms with Crippen molar-refractivity contribution in [1.82, 2.24) is 0 Å². The Hall–Kier alpha value is -3.38. The second kappa shape index (κ2) is 8.78. The summed E-state index contributed by atoms with van der Waals surface area (Å²) >= 11 is 3.49. The summed E-state index contributed by atoms with van der Waals surface area (Å²) in [7, 11) is 1.35. The molecule has 31 heavy (non-hydrogen) atoms. The van der Waals surface area contributed by atoms with Gasteiger partial charge in [-0.25, -0.2) is 4.79 Å². The minimum absolute atomic E-state index is 0.154. The Kier molecular flexibility index (Phi) is 5.91. The summed E-state index contributed by atoms with van der Waals surface area (Å²) in [6.07, 6.45) is 1.73. The van der Waals surface area contributed by atoms with Gasteiger partial charge in [-0.05, 0) is 54.5 Å². The molecule has 0 saturated carbocycles. The lowest BCUT2D eigenvalue weighted by atomic mass is 10.1. The van der Waals surface area contributed by atoms with Crippen LogP contribution in [0.5, 0.6) is 11.5 Å².